The first-order chi connectivity index (χ1) is 15.1. The van der Waals surface area contributed by atoms with Crippen LogP contribution < -0.4 is 0 Å². The lowest BCUT2D eigenvalue weighted by molar-refractivity contribution is -0.156. The van der Waals surface area contributed by atoms with E-state index in [0.29, 0.717) is 11.3 Å². The molecule has 3 aromatic carbocycles. The second-order valence-corrected chi connectivity index (χ2v) is 9.01. The van der Waals surface area contributed by atoms with Crippen LogP contribution in [0.4, 0.5) is 4.39 Å². The quantitative estimate of drug-likeness (QED) is 0.343. The van der Waals surface area contributed by atoms with Crippen LogP contribution in [-0.4, -0.2) is 23.3 Å². The van der Waals surface area contributed by atoms with Crippen LogP contribution in [0.3, 0.4) is 0 Å². The van der Waals surface area contributed by atoms with Gasteiger partial charge in [0.15, 0.2) is 6.04 Å². The SMILES string of the molecule is Cc1cc(C)c(C[C@H](N=C(c2ccccc2)c2ccccc2)C(=O)OC(C)(C)C)c(F)c1. The summed E-state index contributed by atoms with van der Waals surface area (Å²) in [5.41, 5.74) is 3.89. The van der Waals surface area contributed by atoms with E-state index in [2.05, 4.69) is 0 Å². The standard InChI is InChI=1S/C28H30FNO2/c1-19-16-20(2)23(24(29)17-19)18-25(27(31)32-28(3,4)5)30-26(21-12-8-6-9-13-21)22-14-10-7-11-15-22/h6-17,25H,18H2,1-5H3/t25-/m0/s1. The van der Waals surface area contributed by atoms with E-state index >= 15 is 0 Å². The normalized spacial score (nSPS) is 12.2. The number of rotatable bonds is 6. The number of hydrogen-bond donors (Lipinski definition) is 0. The Bertz CT molecular complexity index is 1030. The summed E-state index contributed by atoms with van der Waals surface area (Å²) in [5, 5.41) is 0. The fourth-order valence-electron chi connectivity index (χ4n) is 3.61. The van der Waals surface area contributed by atoms with Crippen molar-refractivity contribution in [2.75, 3.05) is 0 Å². The van der Waals surface area contributed by atoms with Gasteiger partial charge in [-0.05, 0) is 57.4 Å². The van der Waals surface area contributed by atoms with Gasteiger partial charge in [0.2, 0.25) is 0 Å². The van der Waals surface area contributed by atoms with Crippen LogP contribution in [0.15, 0.2) is 77.8 Å². The third-order valence-electron chi connectivity index (χ3n) is 5.02. The molecule has 0 bridgehead atoms. The molecular weight excluding hydrogens is 401 g/mol. The zero-order valence-corrected chi connectivity index (χ0v) is 19.4. The predicted molar refractivity (Wildman–Crippen MR) is 128 cm³/mol. The molecule has 0 unspecified atom stereocenters. The van der Waals surface area contributed by atoms with E-state index in [4.69, 9.17) is 9.73 Å². The first kappa shape index (κ1) is 23.4. The summed E-state index contributed by atoms with van der Waals surface area (Å²) in [5.74, 6) is -0.798. The zero-order valence-electron chi connectivity index (χ0n) is 19.4. The molecule has 166 valence electrons. The van der Waals surface area contributed by atoms with E-state index in [9.17, 15) is 9.18 Å². The molecule has 3 nitrogen and oxygen atoms in total. The Labute approximate surface area is 190 Å². The maximum Gasteiger partial charge on any atom is 0.331 e. The maximum atomic E-state index is 14.9. The lowest BCUT2D eigenvalue weighted by Gasteiger charge is -2.23. The molecule has 0 aromatic heterocycles. The van der Waals surface area contributed by atoms with Gasteiger partial charge in [-0.2, -0.15) is 0 Å². The van der Waals surface area contributed by atoms with Crippen molar-refractivity contribution < 1.29 is 13.9 Å². The van der Waals surface area contributed by atoms with Gasteiger partial charge >= 0.3 is 5.97 Å². The summed E-state index contributed by atoms with van der Waals surface area (Å²) < 4.78 is 20.5. The molecule has 0 heterocycles. The zero-order chi connectivity index (χ0) is 23.3. The number of ether oxygens (including phenoxy) is 1. The second-order valence-electron chi connectivity index (χ2n) is 9.01. The van der Waals surface area contributed by atoms with Crippen molar-refractivity contribution in [1.29, 1.82) is 0 Å². The fourth-order valence-corrected chi connectivity index (χ4v) is 3.61. The summed E-state index contributed by atoms with van der Waals surface area (Å²) in [6, 6.07) is 21.9. The van der Waals surface area contributed by atoms with Crippen LogP contribution in [0.2, 0.25) is 0 Å². The number of carbonyl (C=O) groups excluding carboxylic acids is 1. The van der Waals surface area contributed by atoms with Crippen molar-refractivity contribution in [3.8, 4) is 0 Å². The van der Waals surface area contributed by atoms with E-state index in [-0.39, 0.29) is 12.2 Å². The summed E-state index contributed by atoms with van der Waals surface area (Å²) in [7, 11) is 0. The van der Waals surface area contributed by atoms with Crippen LogP contribution in [0.25, 0.3) is 0 Å². The second kappa shape index (κ2) is 9.90. The third kappa shape index (κ3) is 6.13. The van der Waals surface area contributed by atoms with Crippen LogP contribution in [0.1, 0.15) is 48.6 Å². The molecule has 0 aliphatic carbocycles. The molecule has 0 aliphatic rings. The highest BCUT2D eigenvalue weighted by Gasteiger charge is 2.27. The Kier molecular flexibility index (Phi) is 7.24. The van der Waals surface area contributed by atoms with Gasteiger partial charge in [-0.3, -0.25) is 4.99 Å². The Balaban J connectivity index is 2.12. The lowest BCUT2D eigenvalue weighted by Crippen LogP contribution is -2.33. The van der Waals surface area contributed by atoms with Crippen molar-refractivity contribution in [3.05, 3.63) is 106 Å². The summed E-state index contributed by atoms with van der Waals surface area (Å²) >= 11 is 0. The number of halogens is 1. The predicted octanol–water partition coefficient (Wildman–Crippen LogP) is 6.23. The number of nitrogens with zero attached hydrogens (tertiary/aromatic N) is 1. The molecule has 0 amide bonds. The molecular formula is C28H30FNO2. The number of aryl methyl sites for hydroxylation is 2. The molecule has 0 saturated carbocycles. The minimum Gasteiger partial charge on any atom is -0.458 e. The largest absolute Gasteiger partial charge is 0.458 e. The average molecular weight is 432 g/mol. The van der Waals surface area contributed by atoms with Gasteiger partial charge < -0.3 is 4.74 Å². The van der Waals surface area contributed by atoms with Crippen molar-refractivity contribution >= 4 is 11.7 Å². The maximum absolute atomic E-state index is 14.9. The smallest absolute Gasteiger partial charge is 0.331 e. The number of benzene rings is 3. The van der Waals surface area contributed by atoms with Crippen molar-refractivity contribution in [3.63, 3.8) is 0 Å². The highest BCUT2D eigenvalue weighted by atomic mass is 19.1. The van der Waals surface area contributed by atoms with Gasteiger partial charge in [0, 0.05) is 17.5 Å². The molecule has 0 spiro atoms. The van der Waals surface area contributed by atoms with Gasteiger partial charge in [0.05, 0.1) is 5.71 Å². The van der Waals surface area contributed by atoms with Crippen LogP contribution in [0, 0.1) is 19.7 Å². The summed E-state index contributed by atoms with van der Waals surface area (Å²) in [6.45, 7) is 9.17. The highest BCUT2D eigenvalue weighted by Crippen LogP contribution is 2.22. The summed E-state index contributed by atoms with van der Waals surface area (Å²) in [4.78, 5) is 18.1. The van der Waals surface area contributed by atoms with E-state index in [1.54, 1.807) is 0 Å². The Hall–Kier alpha value is -3.27. The first-order valence-corrected chi connectivity index (χ1v) is 10.8. The van der Waals surface area contributed by atoms with Gasteiger partial charge in [-0.1, -0.05) is 66.7 Å². The number of hydrogen-bond acceptors (Lipinski definition) is 3. The molecule has 0 radical (unpaired) electrons. The van der Waals surface area contributed by atoms with Crippen molar-refractivity contribution in [2.45, 2.75) is 52.7 Å². The molecule has 0 saturated heterocycles. The van der Waals surface area contributed by atoms with Gasteiger partial charge in [-0.25, -0.2) is 9.18 Å². The van der Waals surface area contributed by atoms with Crippen LogP contribution in [-0.2, 0) is 16.0 Å². The van der Waals surface area contributed by atoms with Crippen LogP contribution >= 0.6 is 0 Å². The minimum atomic E-state index is -0.888. The number of esters is 1. The van der Waals surface area contributed by atoms with Gasteiger partial charge in [0.1, 0.15) is 11.4 Å². The molecule has 32 heavy (non-hydrogen) atoms. The first-order valence-electron chi connectivity index (χ1n) is 10.8. The molecule has 0 N–H and O–H groups in total. The van der Waals surface area contributed by atoms with E-state index < -0.39 is 17.6 Å². The topological polar surface area (TPSA) is 38.7 Å². The van der Waals surface area contributed by atoms with Gasteiger partial charge in [0.25, 0.3) is 0 Å². The number of aliphatic imine (C=N–C) groups is 1. The molecule has 4 heteroatoms. The third-order valence-corrected chi connectivity index (χ3v) is 5.02. The molecule has 3 rings (SSSR count). The van der Waals surface area contributed by atoms with Crippen molar-refractivity contribution in [2.24, 2.45) is 4.99 Å². The molecule has 1 atom stereocenters. The number of carbonyl (C=O) groups is 1. The fraction of sp³-hybridized carbons (Fsp3) is 0.286. The Morgan fingerprint density at radius 3 is 1.94 bits per heavy atom. The highest BCUT2D eigenvalue weighted by molar-refractivity contribution is 6.13. The molecule has 3 aromatic rings. The van der Waals surface area contributed by atoms with E-state index in [0.717, 1.165) is 22.3 Å². The van der Waals surface area contributed by atoms with E-state index in [1.807, 2.05) is 101 Å². The Morgan fingerprint density at radius 1 is 0.938 bits per heavy atom. The Morgan fingerprint density at radius 2 is 1.47 bits per heavy atom. The average Bonchev–Trinajstić information content (AvgIpc) is 2.72. The summed E-state index contributed by atoms with van der Waals surface area (Å²) in [6.07, 6.45) is 0.121. The molecule has 0 fully saturated rings. The van der Waals surface area contributed by atoms with Gasteiger partial charge in [-0.15, -0.1) is 0 Å². The minimum absolute atomic E-state index is 0.121. The lowest BCUT2D eigenvalue weighted by atomic mass is 9.97. The van der Waals surface area contributed by atoms with Crippen molar-refractivity contribution in [1.82, 2.24) is 0 Å². The molecule has 0 aliphatic heterocycles. The van der Waals surface area contributed by atoms with Crippen LogP contribution in [0.5, 0.6) is 0 Å². The van der Waals surface area contributed by atoms with E-state index in [1.165, 1.54) is 6.07 Å². The monoisotopic (exact) mass is 431 g/mol.